The number of hydrogen-bond acceptors (Lipinski definition) is 2. The van der Waals surface area contributed by atoms with Crippen LogP contribution < -0.4 is 4.89 Å². The molecular weight excluding hydrogens is 401 g/mol. The normalized spacial score (nSPS) is 14.8. The Morgan fingerprint density at radius 1 is 0.645 bits per heavy atom. The van der Waals surface area contributed by atoms with Crippen molar-refractivity contribution < 1.29 is 13.9 Å². The number of hydrogen-bond donors (Lipinski definition) is 0. The number of unbranched alkanes of at least 4 members (excludes halogenated alkanes) is 14. The van der Waals surface area contributed by atoms with Crippen molar-refractivity contribution >= 4 is 8.03 Å². The molecule has 0 heterocycles. The fourth-order valence-corrected chi connectivity index (χ4v) is 5.86. The molecule has 3 nitrogen and oxygen atoms in total. The summed E-state index contributed by atoms with van der Waals surface area (Å²) in [6, 6.07) is 0. The Bertz CT molecular complexity index is 459. The van der Waals surface area contributed by atoms with Crippen LogP contribution in [-0.4, -0.2) is 30.9 Å². The van der Waals surface area contributed by atoms with Crippen LogP contribution in [0.25, 0.3) is 0 Å². The average molecular weight is 457 g/mol. The lowest BCUT2D eigenvalue weighted by Gasteiger charge is -2.39. The highest BCUT2D eigenvalue weighted by atomic mass is 31.1. The number of quaternary nitrogens is 1. The monoisotopic (exact) mass is 456 g/mol. The molecule has 0 N–H and O–H groups in total. The fraction of sp³-hybridized carbons (Fsp3) is 0.926. The Kier molecular flexibility index (Phi) is 19.1. The van der Waals surface area contributed by atoms with Gasteiger partial charge in [-0.15, -0.1) is 0 Å². The standard InChI is InChI=1S/C27H55NO2P/c1-6-8-9-10-11-12-13-14-15-16-17-18-19-20-21-22-23-24-26-27(25-7-2,31(29)30)28(3,4)5/h10-11H,6-9,12-26H2,1-5H3/q+1/b11-10-. The maximum atomic E-state index is 12.1. The van der Waals surface area contributed by atoms with Gasteiger partial charge in [0.2, 0.25) is 0 Å². The third-order valence-corrected chi connectivity index (χ3v) is 8.55. The Balaban J connectivity index is 3.63. The van der Waals surface area contributed by atoms with Crippen LogP contribution in [0, 0.1) is 0 Å². The number of allylic oxidation sites excluding steroid dienone is 2. The lowest BCUT2D eigenvalue weighted by molar-refractivity contribution is -0.910. The first-order valence-electron chi connectivity index (χ1n) is 13.4. The van der Waals surface area contributed by atoms with E-state index in [0.29, 0.717) is 4.48 Å². The van der Waals surface area contributed by atoms with Gasteiger partial charge < -0.3 is 4.89 Å². The first kappa shape index (κ1) is 30.8. The zero-order chi connectivity index (χ0) is 23.4. The minimum Gasteiger partial charge on any atom is -0.590 e. The molecule has 0 fully saturated rings. The molecule has 2 atom stereocenters. The molecule has 0 aromatic rings. The molecule has 0 saturated heterocycles. The first-order chi connectivity index (χ1) is 14.8. The summed E-state index contributed by atoms with van der Waals surface area (Å²) < 4.78 is 12.6. The third kappa shape index (κ3) is 14.5. The van der Waals surface area contributed by atoms with Crippen molar-refractivity contribution in [1.29, 1.82) is 0 Å². The van der Waals surface area contributed by atoms with Crippen molar-refractivity contribution in [2.24, 2.45) is 0 Å². The SMILES string of the molecule is CCCC/C=C\CCCCCCCCCCCCCCC(CCC)([P+](=O)[O-])[N+](C)(C)C. The van der Waals surface area contributed by atoms with Gasteiger partial charge in [-0.05, 0) is 32.1 Å². The van der Waals surface area contributed by atoms with Crippen LogP contribution in [0.2, 0.25) is 0 Å². The van der Waals surface area contributed by atoms with Crippen molar-refractivity contribution in [3.05, 3.63) is 12.2 Å². The first-order valence-corrected chi connectivity index (χ1v) is 14.6. The molecule has 0 aliphatic heterocycles. The topological polar surface area (TPSA) is 40.1 Å². The Labute approximate surface area is 196 Å². The molecule has 0 aliphatic carbocycles. The van der Waals surface area contributed by atoms with Crippen LogP contribution in [0.3, 0.4) is 0 Å². The van der Waals surface area contributed by atoms with E-state index in [1.165, 1.54) is 96.3 Å². The molecule has 0 amide bonds. The van der Waals surface area contributed by atoms with Crippen molar-refractivity contribution in [2.75, 3.05) is 21.1 Å². The predicted molar refractivity (Wildman–Crippen MR) is 137 cm³/mol. The highest BCUT2D eigenvalue weighted by Crippen LogP contribution is 2.45. The zero-order valence-electron chi connectivity index (χ0n) is 21.8. The summed E-state index contributed by atoms with van der Waals surface area (Å²) in [6.45, 7) is 4.35. The minimum atomic E-state index is -2.42. The molecule has 4 heteroatoms. The summed E-state index contributed by atoms with van der Waals surface area (Å²) in [4.78, 5) is 12.1. The Hall–Kier alpha value is -0.240. The number of nitrogens with zero attached hydrogens (tertiary/aromatic N) is 1. The second-order valence-electron chi connectivity index (χ2n) is 10.4. The van der Waals surface area contributed by atoms with Crippen LogP contribution in [0.4, 0.5) is 0 Å². The lowest BCUT2D eigenvalue weighted by atomic mass is 9.99. The highest BCUT2D eigenvalue weighted by Gasteiger charge is 2.53. The highest BCUT2D eigenvalue weighted by molar-refractivity contribution is 7.38. The molecule has 0 aromatic carbocycles. The van der Waals surface area contributed by atoms with Gasteiger partial charge >= 0.3 is 8.03 Å². The van der Waals surface area contributed by atoms with Gasteiger partial charge in [0.1, 0.15) is 0 Å². The molecule has 31 heavy (non-hydrogen) atoms. The summed E-state index contributed by atoms with van der Waals surface area (Å²) >= 11 is 0. The van der Waals surface area contributed by atoms with Gasteiger partial charge in [-0.3, -0.25) is 4.48 Å². The van der Waals surface area contributed by atoms with Crippen molar-refractivity contribution in [3.63, 3.8) is 0 Å². The van der Waals surface area contributed by atoms with Gasteiger partial charge in [0.05, 0.1) is 21.1 Å². The van der Waals surface area contributed by atoms with Gasteiger partial charge in [-0.2, -0.15) is 0 Å². The quantitative estimate of drug-likeness (QED) is 0.0709. The lowest BCUT2D eigenvalue weighted by Crippen LogP contribution is -2.55. The van der Waals surface area contributed by atoms with Crippen LogP contribution in [0.15, 0.2) is 12.2 Å². The van der Waals surface area contributed by atoms with Gasteiger partial charge in [-0.1, -0.05) is 108 Å². The van der Waals surface area contributed by atoms with Crippen LogP contribution >= 0.6 is 8.03 Å². The van der Waals surface area contributed by atoms with Gasteiger partial charge in [0.15, 0.2) is 0 Å². The zero-order valence-corrected chi connectivity index (χ0v) is 22.7. The molecule has 0 rings (SSSR count). The number of rotatable bonds is 22. The molecule has 0 aromatic heterocycles. The molecule has 2 unspecified atom stereocenters. The van der Waals surface area contributed by atoms with E-state index < -0.39 is 13.3 Å². The van der Waals surface area contributed by atoms with Crippen molar-refractivity contribution in [2.45, 2.75) is 141 Å². The van der Waals surface area contributed by atoms with Gasteiger partial charge in [0, 0.05) is 12.8 Å². The molecule has 0 radical (unpaired) electrons. The third-order valence-electron chi connectivity index (χ3n) is 6.83. The summed E-state index contributed by atoms with van der Waals surface area (Å²) in [6.07, 6.45) is 28.2. The van der Waals surface area contributed by atoms with Crippen LogP contribution in [0.1, 0.15) is 136 Å². The maximum Gasteiger partial charge on any atom is 0.376 e. The fourth-order valence-electron chi connectivity index (χ4n) is 4.62. The smallest absolute Gasteiger partial charge is 0.376 e. The predicted octanol–water partition coefficient (Wildman–Crippen LogP) is 8.50. The minimum absolute atomic E-state index is 0.523. The Morgan fingerprint density at radius 3 is 1.45 bits per heavy atom. The van der Waals surface area contributed by atoms with Crippen molar-refractivity contribution in [3.8, 4) is 0 Å². The summed E-state index contributed by atoms with van der Waals surface area (Å²) in [7, 11) is 3.68. The van der Waals surface area contributed by atoms with Gasteiger partial charge in [-0.25, -0.2) is 0 Å². The van der Waals surface area contributed by atoms with Gasteiger partial charge in [0.25, 0.3) is 5.28 Å². The van der Waals surface area contributed by atoms with E-state index in [0.717, 1.165) is 25.7 Å². The van der Waals surface area contributed by atoms with E-state index in [1.807, 2.05) is 21.1 Å². The van der Waals surface area contributed by atoms with Crippen LogP contribution in [0.5, 0.6) is 0 Å². The van der Waals surface area contributed by atoms with E-state index >= 15 is 0 Å². The molecule has 0 saturated carbocycles. The maximum absolute atomic E-state index is 12.1. The molecule has 184 valence electrons. The van der Waals surface area contributed by atoms with Crippen molar-refractivity contribution in [1.82, 2.24) is 0 Å². The molecular formula is C27H55NO2P+. The summed E-state index contributed by atoms with van der Waals surface area (Å²) in [5.41, 5.74) is 0. The second-order valence-corrected chi connectivity index (χ2v) is 11.7. The van der Waals surface area contributed by atoms with E-state index in [4.69, 9.17) is 0 Å². The molecule has 0 spiro atoms. The van der Waals surface area contributed by atoms with E-state index in [-0.39, 0.29) is 0 Å². The summed E-state index contributed by atoms with van der Waals surface area (Å²) in [5.74, 6) is 0. The van der Waals surface area contributed by atoms with E-state index in [2.05, 4.69) is 26.0 Å². The Morgan fingerprint density at radius 2 is 1.06 bits per heavy atom. The average Bonchev–Trinajstić information content (AvgIpc) is 2.71. The molecule has 0 bridgehead atoms. The largest absolute Gasteiger partial charge is 0.590 e. The summed E-state index contributed by atoms with van der Waals surface area (Å²) in [5, 5.41) is -0.588. The second kappa shape index (κ2) is 19.2. The molecule has 0 aliphatic rings. The van der Waals surface area contributed by atoms with E-state index in [9.17, 15) is 9.46 Å². The van der Waals surface area contributed by atoms with Crippen LogP contribution in [-0.2, 0) is 4.57 Å². The van der Waals surface area contributed by atoms with E-state index in [1.54, 1.807) is 0 Å².